The minimum atomic E-state index is -0.123. The predicted octanol–water partition coefficient (Wildman–Crippen LogP) is 0.762. The van der Waals surface area contributed by atoms with Crippen LogP contribution in [0.3, 0.4) is 0 Å². The maximum Gasteiger partial charge on any atom is 0.270 e. The zero-order valence-electron chi connectivity index (χ0n) is 15.3. The summed E-state index contributed by atoms with van der Waals surface area (Å²) in [5.41, 5.74) is 5.24. The van der Waals surface area contributed by atoms with Crippen LogP contribution in [0, 0.1) is 0 Å². The van der Waals surface area contributed by atoms with E-state index in [4.69, 9.17) is 0 Å². The van der Waals surface area contributed by atoms with Crippen LogP contribution in [0.2, 0.25) is 0 Å². The van der Waals surface area contributed by atoms with Gasteiger partial charge in [-0.1, -0.05) is 6.92 Å². The van der Waals surface area contributed by atoms with Gasteiger partial charge in [0.25, 0.3) is 5.91 Å². The summed E-state index contributed by atoms with van der Waals surface area (Å²) in [5.74, 6) is -0.164. The number of rotatable bonds is 3. The Bertz CT molecular complexity index is 732. The van der Waals surface area contributed by atoms with Crippen LogP contribution in [0.15, 0.2) is 11.4 Å². The second kappa shape index (κ2) is 6.83. The smallest absolute Gasteiger partial charge is 0.270 e. The summed E-state index contributed by atoms with van der Waals surface area (Å²) >= 11 is 0. The normalized spacial score (nSPS) is 22.7. The van der Waals surface area contributed by atoms with Crippen LogP contribution >= 0.6 is 0 Å². The lowest BCUT2D eigenvalue weighted by molar-refractivity contribution is -0.127. The van der Waals surface area contributed by atoms with Gasteiger partial charge in [0.2, 0.25) is 5.91 Å². The number of aromatic nitrogens is 2. The van der Waals surface area contributed by atoms with Crippen LogP contribution in [0.1, 0.15) is 50.4 Å². The number of likely N-dealkylation sites (tertiary alicyclic amines) is 1. The first-order chi connectivity index (χ1) is 12.6. The second-order valence-corrected chi connectivity index (χ2v) is 7.38. The highest BCUT2D eigenvalue weighted by Gasteiger charge is 2.47. The van der Waals surface area contributed by atoms with E-state index < -0.39 is 0 Å². The van der Waals surface area contributed by atoms with E-state index in [0.29, 0.717) is 31.6 Å². The van der Waals surface area contributed by atoms with Crippen molar-refractivity contribution in [3.8, 4) is 0 Å². The Labute approximate surface area is 153 Å². The molecular weight excluding hydrogens is 332 g/mol. The lowest BCUT2D eigenvalue weighted by Crippen LogP contribution is -2.58. The molecule has 1 spiro atoms. The van der Waals surface area contributed by atoms with E-state index in [1.165, 1.54) is 11.4 Å². The molecule has 1 aromatic rings. The molecule has 1 saturated heterocycles. The van der Waals surface area contributed by atoms with Gasteiger partial charge < -0.3 is 9.88 Å². The second-order valence-electron chi connectivity index (χ2n) is 7.38. The molecule has 1 fully saturated rings. The molecule has 8 nitrogen and oxygen atoms in total. The van der Waals surface area contributed by atoms with Gasteiger partial charge in [0.1, 0.15) is 5.71 Å². The van der Waals surface area contributed by atoms with Gasteiger partial charge in [-0.3, -0.25) is 14.5 Å². The van der Waals surface area contributed by atoms with Crippen molar-refractivity contribution >= 4 is 17.5 Å². The number of hydrogen-bond acceptors (Lipinski definition) is 5. The van der Waals surface area contributed by atoms with Gasteiger partial charge in [0.05, 0.1) is 17.6 Å². The van der Waals surface area contributed by atoms with E-state index in [0.717, 1.165) is 38.8 Å². The molecule has 0 atom stereocenters. The minimum Gasteiger partial charge on any atom is -0.348 e. The Morgan fingerprint density at radius 1 is 1.23 bits per heavy atom. The fourth-order valence-corrected chi connectivity index (χ4v) is 4.56. The molecule has 2 N–H and O–H groups in total. The first-order valence-electron chi connectivity index (χ1n) is 9.56. The largest absolute Gasteiger partial charge is 0.348 e. The van der Waals surface area contributed by atoms with Gasteiger partial charge in [-0.2, -0.15) is 5.10 Å². The third-order valence-corrected chi connectivity index (χ3v) is 5.92. The van der Waals surface area contributed by atoms with Crippen molar-refractivity contribution in [1.82, 2.24) is 25.2 Å². The third kappa shape index (κ3) is 2.82. The number of amides is 2. The molecule has 140 valence electrons. The minimum absolute atomic E-state index is 0.0417. The molecule has 3 aliphatic heterocycles. The van der Waals surface area contributed by atoms with Crippen molar-refractivity contribution in [3.05, 3.63) is 17.7 Å². The lowest BCUT2D eigenvalue weighted by Gasteiger charge is -2.50. The molecule has 4 heterocycles. The maximum atomic E-state index is 12.7. The number of hydrazone groups is 1. The van der Waals surface area contributed by atoms with Crippen LogP contribution < -0.4 is 5.43 Å². The number of fused-ring (bicyclic) bond motifs is 2. The van der Waals surface area contributed by atoms with Gasteiger partial charge in [0.15, 0.2) is 0 Å². The molecule has 0 saturated carbocycles. The van der Waals surface area contributed by atoms with Gasteiger partial charge >= 0.3 is 0 Å². The molecule has 0 unspecified atom stereocenters. The van der Waals surface area contributed by atoms with Crippen molar-refractivity contribution in [1.29, 1.82) is 0 Å². The zero-order chi connectivity index (χ0) is 18.1. The molecule has 0 aromatic carbocycles. The molecule has 0 bridgehead atoms. The van der Waals surface area contributed by atoms with Crippen LogP contribution in [0.4, 0.5) is 0 Å². The van der Waals surface area contributed by atoms with E-state index in [2.05, 4.69) is 32.3 Å². The summed E-state index contributed by atoms with van der Waals surface area (Å²) in [5, 5.41) is 3.96. The summed E-state index contributed by atoms with van der Waals surface area (Å²) in [6.07, 6.45) is 6.46. The number of carbonyl (C=O) groups is 2. The Morgan fingerprint density at radius 3 is 2.73 bits per heavy atom. The topological polar surface area (TPSA) is 93.7 Å². The summed E-state index contributed by atoms with van der Waals surface area (Å²) in [6.45, 7) is 5.69. The summed E-state index contributed by atoms with van der Waals surface area (Å²) in [4.78, 5) is 36.4. The van der Waals surface area contributed by atoms with E-state index >= 15 is 0 Å². The molecular formula is C18H26N6O2. The molecule has 0 radical (unpaired) electrons. The van der Waals surface area contributed by atoms with Gasteiger partial charge in [0, 0.05) is 44.6 Å². The molecule has 2 amide bonds. The van der Waals surface area contributed by atoms with Crippen molar-refractivity contribution in [2.24, 2.45) is 5.10 Å². The van der Waals surface area contributed by atoms with Gasteiger partial charge in [-0.25, -0.2) is 10.4 Å². The third-order valence-electron chi connectivity index (χ3n) is 5.92. The van der Waals surface area contributed by atoms with Crippen molar-refractivity contribution < 1.29 is 9.59 Å². The van der Waals surface area contributed by atoms with E-state index in [9.17, 15) is 9.59 Å². The summed E-state index contributed by atoms with van der Waals surface area (Å²) < 4.78 is 0. The Hall–Kier alpha value is -2.22. The van der Waals surface area contributed by atoms with Crippen LogP contribution in [-0.4, -0.2) is 63.5 Å². The predicted molar refractivity (Wildman–Crippen MR) is 96.5 cm³/mol. The van der Waals surface area contributed by atoms with E-state index in [1.807, 2.05) is 4.90 Å². The average molecular weight is 358 g/mol. The van der Waals surface area contributed by atoms with E-state index in [-0.39, 0.29) is 17.4 Å². The molecule has 0 aliphatic carbocycles. The number of piperidine rings is 1. The van der Waals surface area contributed by atoms with Crippen molar-refractivity contribution in [2.45, 2.75) is 51.0 Å². The van der Waals surface area contributed by atoms with Gasteiger partial charge in [-0.15, -0.1) is 0 Å². The van der Waals surface area contributed by atoms with Crippen molar-refractivity contribution in [3.63, 3.8) is 0 Å². The standard InChI is InChI=1S/C18H26N6O2/c1-2-8-24-9-5-13-16(20-12-19-13)18(24)6-10-23(11-7-18)17(26)14-3-4-15(25)22-21-14/h12H,2-11H2,1H3,(H,19,20)(H,22,25). The van der Waals surface area contributed by atoms with Crippen LogP contribution in [-0.2, 0) is 21.5 Å². The monoisotopic (exact) mass is 358 g/mol. The van der Waals surface area contributed by atoms with Crippen LogP contribution in [0.25, 0.3) is 0 Å². The maximum absolute atomic E-state index is 12.7. The molecule has 3 aliphatic rings. The Kier molecular flexibility index (Phi) is 4.52. The average Bonchev–Trinajstić information content (AvgIpc) is 3.15. The number of H-pyrrole nitrogens is 1. The molecule has 1 aromatic heterocycles. The fourth-order valence-electron chi connectivity index (χ4n) is 4.56. The number of nitrogens with zero attached hydrogens (tertiary/aromatic N) is 4. The summed E-state index contributed by atoms with van der Waals surface area (Å²) in [7, 11) is 0. The van der Waals surface area contributed by atoms with Crippen molar-refractivity contribution in [2.75, 3.05) is 26.2 Å². The number of imidazole rings is 1. The highest BCUT2D eigenvalue weighted by Crippen LogP contribution is 2.42. The highest BCUT2D eigenvalue weighted by molar-refractivity contribution is 6.39. The lowest BCUT2D eigenvalue weighted by atomic mass is 9.78. The quantitative estimate of drug-likeness (QED) is 0.834. The van der Waals surface area contributed by atoms with Gasteiger partial charge in [-0.05, 0) is 25.8 Å². The number of aromatic amines is 1. The number of nitrogens with one attached hydrogen (secondary N) is 2. The Morgan fingerprint density at radius 2 is 2.04 bits per heavy atom. The Balaban J connectivity index is 1.51. The highest BCUT2D eigenvalue weighted by atomic mass is 16.2. The fraction of sp³-hybridized carbons (Fsp3) is 0.667. The number of hydrogen-bond donors (Lipinski definition) is 2. The zero-order valence-corrected chi connectivity index (χ0v) is 15.3. The SMILES string of the molecule is CCCN1CCc2[nH]cnc2C12CCN(C(=O)C1=NNC(=O)CC1)CC2. The summed E-state index contributed by atoms with van der Waals surface area (Å²) in [6, 6.07) is 0. The molecule has 26 heavy (non-hydrogen) atoms. The number of carbonyl (C=O) groups excluding carboxylic acids is 2. The van der Waals surface area contributed by atoms with Crippen LogP contribution in [0.5, 0.6) is 0 Å². The molecule has 4 rings (SSSR count). The first-order valence-corrected chi connectivity index (χ1v) is 9.56. The van der Waals surface area contributed by atoms with E-state index in [1.54, 1.807) is 6.33 Å². The molecule has 8 heteroatoms. The first kappa shape index (κ1) is 17.2.